The lowest BCUT2D eigenvalue weighted by molar-refractivity contribution is 0.705. The number of hydrogen-bond acceptors (Lipinski definition) is 2. The van der Waals surface area contributed by atoms with Gasteiger partial charge in [-0.05, 0) is 18.2 Å². The Hall–Kier alpha value is 0.310. The third kappa shape index (κ3) is 8.21. The fourth-order valence-corrected chi connectivity index (χ4v) is 1.71. The molecule has 0 radical (unpaired) electrons. The number of rotatable bonds is 6. The van der Waals surface area contributed by atoms with Gasteiger partial charge >= 0.3 is 0 Å². The Labute approximate surface area is 75.3 Å². The van der Waals surface area contributed by atoms with Crippen LogP contribution in [0.2, 0.25) is 0 Å². The van der Waals surface area contributed by atoms with Crippen molar-refractivity contribution in [3.63, 3.8) is 0 Å². The van der Waals surface area contributed by atoms with Crippen molar-refractivity contribution >= 4 is 11.8 Å². The van der Waals surface area contributed by atoms with Gasteiger partial charge in [-0.2, -0.15) is 11.8 Å². The summed E-state index contributed by atoms with van der Waals surface area (Å²) in [6.07, 6.45) is 0. The molecule has 0 aliphatic carbocycles. The van der Waals surface area contributed by atoms with Gasteiger partial charge in [-0.15, -0.1) is 0 Å². The predicted molar refractivity (Wildman–Crippen MR) is 55.3 cm³/mol. The first kappa shape index (κ1) is 11.3. The highest BCUT2D eigenvalue weighted by atomic mass is 32.2. The van der Waals surface area contributed by atoms with Gasteiger partial charge in [0.05, 0.1) is 0 Å². The number of hydrogen-bond donors (Lipinski definition) is 1. The molecular weight excluding hydrogens is 154 g/mol. The molecule has 0 aliphatic rings. The Morgan fingerprint density at radius 1 is 1.27 bits per heavy atom. The second-order valence-electron chi connectivity index (χ2n) is 3.35. The van der Waals surface area contributed by atoms with E-state index >= 15 is 0 Å². The Morgan fingerprint density at radius 3 is 2.36 bits per heavy atom. The average Bonchev–Trinajstić information content (AvgIpc) is 1.97. The lowest BCUT2D eigenvalue weighted by Crippen LogP contribution is -2.22. The summed E-state index contributed by atoms with van der Waals surface area (Å²) in [5.41, 5.74) is 0. The molecule has 0 saturated carbocycles. The molecule has 68 valence electrons. The summed E-state index contributed by atoms with van der Waals surface area (Å²) in [4.78, 5) is 0. The van der Waals surface area contributed by atoms with Crippen molar-refractivity contribution in [2.24, 2.45) is 5.92 Å². The van der Waals surface area contributed by atoms with Crippen molar-refractivity contribution < 1.29 is 0 Å². The highest BCUT2D eigenvalue weighted by Crippen LogP contribution is 2.13. The fraction of sp³-hybridized carbons (Fsp3) is 1.00. The van der Waals surface area contributed by atoms with Crippen molar-refractivity contribution in [2.45, 2.75) is 32.9 Å². The molecule has 1 N–H and O–H groups in total. The summed E-state index contributed by atoms with van der Waals surface area (Å²) in [5.74, 6) is 2.11. The zero-order chi connectivity index (χ0) is 8.69. The van der Waals surface area contributed by atoms with E-state index in [4.69, 9.17) is 0 Å². The van der Waals surface area contributed by atoms with Crippen molar-refractivity contribution in [2.75, 3.05) is 18.8 Å². The number of thioether (sulfide) groups is 1. The summed E-state index contributed by atoms with van der Waals surface area (Å²) in [7, 11) is 0. The van der Waals surface area contributed by atoms with Crippen molar-refractivity contribution in [3.05, 3.63) is 0 Å². The third-order valence-electron chi connectivity index (χ3n) is 1.40. The van der Waals surface area contributed by atoms with Crippen LogP contribution in [0.1, 0.15) is 27.7 Å². The van der Waals surface area contributed by atoms with Crippen LogP contribution in [-0.4, -0.2) is 24.1 Å². The second-order valence-corrected chi connectivity index (χ2v) is 4.82. The molecule has 0 amide bonds. The van der Waals surface area contributed by atoms with Gasteiger partial charge in [-0.3, -0.25) is 0 Å². The first-order valence-corrected chi connectivity index (χ1v) is 5.54. The van der Waals surface area contributed by atoms with E-state index in [0.717, 1.165) is 24.3 Å². The predicted octanol–water partition coefficient (Wildman–Crippen LogP) is 2.37. The van der Waals surface area contributed by atoms with E-state index in [1.807, 2.05) is 0 Å². The average molecular weight is 175 g/mol. The molecule has 0 aromatic heterocycles. The third-order valence-corrected chi connectivity index (χ3v) is 2.99. The molecule has 1 atom stereocenters. The van der Waals surface area contributed by atoms with Crippen LogP contribution in [0.4, 0.5) is 0 Å². The molecule has 0 bridgehead atoms. The first-order valence-electron chi connectivity index (χ1n) is 4.49. The Kier molecular flexibility index (Phi) is 7.18. The van der Waals surface area contributed by atoms with Crippen molar-refractivity contribution in [3.8, 4) is 0 Å². The molecule has 1 unspecified atom stereocenters. The van der Waals surface area contributed by atoms with Crippen LogP contribution in [-0.2, 0) is 0 Å². The van der Waals surface area contributed by atoms with Gasteiger partial charge in [-0.25, -0.2) is 0 Å². The quantitative estimate of drug-likeness (QED) is 0.665. The molecule has 0 heterocycles. The molecular formula is C9H21NS. The fourth-order valence-electron chi connectivity index (χ4n) is 0.763. The van der Waals surface area contributed by atoms with Crippen LogP contribution in [0, 0.1) is 5.92 Å². The van der Waals surface area contributed by atoms with Crippen LogP contribution >= 0.6 is 11.8 Å². The lowest BCUT2D eigenvalue weighted by atomic mass is 10.3. The highest BCUT2D eigenvalue weighted by molar-refractivity contribution is 7.99. The van der Waals surface area contributed by atoms with Gasteiger partial charge in [0.2, 0.25) is 0 Å². The van der Waals surface area contributed by atoms with E-state index in [9.17, 15) is 0 Å². The first-order chi connectivity index (χ1) is 5.16. The summed E-state index contributed by atoms with van der Waals surface area (Å²) in [6.45, 7) is 11.2. The van der Waals surface area contributed by atoms with E-state index in [0.29, 0.717) is 0 Å². The lowest BCUT2D eigenvalue weighted by Gasteiger charge is -2.12. The second kappa shape index (κ2) is 6.99. The molecule has 0 spiro atoms. The highest BCUT2D eigenvalue weighted by Gasteiger charge is 2.02. The van der Waals surface area contributed by atoms with E-state index < -0.39 is 0 Å². The largest absolute Gasteiger partial charge is 0.316 e. The standard InChI is InChI=1S/C9H21NS/c1-5-10-6-9(4)11-7-8(2)3/h8-10H,5-7H2,1-4H3. The van der Waals surface area contributed by atoms with Gasteiger partial charge in [0.25, 0.3) is 0 Å². The maximum Gasteiger partial charge on any atom is 0.0144 e. The molecule has 0 aromatic carbocycles. The Morgan fingerprint density at radius 2 is 1.91 bits per heavy atom. The maximum atomic E-state index is 3.35. The normalized spacial score (nSPS) is 13.9. The topological polar surface area (TPSA) is 12.0 Å². The molecule has 11 heavy (non-hydrogen) atoms. The van der Waals surface area contributed by atoms with Crippen molar-refractivity contribution in [1.82, 2.24) is 5.32 Å². The minimum absolute atomic E-state index is 0.761. The van der Waals surface area contributed by atoms with E-state index in [1.54, 1.807) is 0 Å². The summed E-state index contributed by atoms with van der Waals surface area (Å²) in [6, 6.07) is 0. The van der Waals surface area contributed by atoms with Gasteiger partial charge in [0.15, 0.2) is 0 Å². The van der Waals surface area contributed by atoms with E-state index in [-0.39, 0.29) is 0 Å². The molecule has 0 aliphatic heterocycles. The zero-order valence-corrected chi connectivity index (χ0v) is 9.00. The zero-order valence-electron chi connectivity index (χ0n) is 8.18. The smallest absolute Gasteiger partial charge is 0.0144 e. The van der Waals surface area contributed by atoms with Gasteiger partial charge in [0, 0.05) is 11.8 Å². The van der Waals surface area contributed by atoms with Crippen LogP contribution in [0.5, 0.6) is 0 Å². The summed E-state index contributed by atoms with van der Waals surface area (Å²) >= 11 is 2.06. The van der Waals surface area contributed by atoms with E-state index in [2.05, 4.69) is 44.8 Å². The van der Waals surface area contributed by atoms with Gasteiger partial charge < -0.3 is 5.32 Å². The van der Waals surface area contributed by atoms with Gasteiger partial charge in [0.1, 0.15) is 0 Å². The SMILES string of the molecule is CCNCC(C)SCC(C)C. The van der Waals surface area contributed by atoms with Crippen LogP contribution in [0.3, 0.4) is 0 Å². The molecule has 1 nitrogen and oxygen atoms in total. The Balaban J connectivity index is 3.15. The van der Waals surface area contributed by atoms with Crippen LogP contribution in [0.25, 0.3) is 0 Å². The minimum Gasteiger partial charge on any atom is -0.316 e. The minimum atomic E-state index is 0.761. The molecule has 0 fully saturated rings. The van der Waals surface area contributed by atoms with E-state index in [1.165, 1.54) is 5.75 Å². The van der Waals surface area contributed by atoms with Crippen LogP contribution in [0.15, 0.2) is 0 Å². The molecule has 0 aromatic rings. The molecule has 0 saturated heterocycles. The van der Waals surface area contributed by atoms with Gasteiger partial charge in [-0.1, -0.05) is 27.7 Å². The summed E-state index contributed by atoms with van der Waals surface area (Å²) < 4.78 is 0. The number of nitrogens with one attached hydrogen (secondary N) is 1. The maximum absolute atomic E-state index is 3.35. The molecule has 0 rings (SSSR count). The van der Waals surface area contributed by atoms with Crippen LogP contribution < -0.4 is 5.32 Å². The monoisotopic (exact) mass is 175 g/mol. The summed E-state index contributed by atoms with van der Waals surface area (Å²) in [5, 5.41) is 4.11. The van der Waals surface area contributed by atoms with Crippen molar-refractivity contribution in [1.29, 1.82) is 0 Å². The molecule has 2 heteroatoms. The Bertz CT molecular complexity index is 83.6.